The molecule has 152 valence electrons. The molecule has 0 aliphatic heterocycles. The maximum absolute atomic E-state index is 13.4. The number of nitrogens with one attached hydrogen (secondary N) is 1. The fourth-order valence-corrected chi connectivity index (χ4v) is 4.61. The van der Waals surface area contributed by atoms with Gasteiger partial charge in [-0.25, -0.2) is 9.18 Å². The molecule has 0 saturated heterocycles. The van der Waals surface area contributed by atoms with Crippen LogP contribution in [0.5, 0.6) is 11.5 Å². The Hall–Kier alpha value is -2.31. The van der Waals surface area contributed by atoms with Crippen molar-refractivity contribution in [3.63, 3.8) is 0 Å². The third-order valence-corrected chi connectivity index (χ3v) is 5.95. The largest absolute Gasteiger partial charge is 0.486 e. The van der Waals surface area contributed by atoms with Crippen LogP contribution in [0.25, 0.3) is 0 Å². The highest BCUT2D eigenvalue weighted by atomic mass is 35.5. The fraction of sp³-hybridized carbons (Fsp3) is 0.333. The standard InChI is InChI=1S/C21H18Cl2FNO4/c22-13-1-3-15(4-2-13)29-19(27)25-21-10-20(11-21,12-21)8-14(26)9-28-16-5-6-17(23)18(24)7-16/h1-7H,8-12H2,(H,25,27). The molecule has 8 heteroatoms. The summed E-state index contributed by atoms with van der Waals surface area (Å²) >= 11 is 11.4. The predicted octanol–water partition coefficient (Wildman–Crippen LogP) is 5.18. The molecule has 3 fully saturated rings. The molecular weight excluding hydrogens is 420 g/mol. The molecule has 1 N–H and O–H groups in total. The Kier molecular flexibility index (Phi) is 5.17. The van der Waals surface area contributed by atoms with Crippen molar-refractivity contribution in [2.75, 3.05) is 6.61 Å². The van der Waals surface area contributed by atoms with E-state index >= 15 is 0 Å². The van der Waals surface area contributed by atoms with E-state index in [2.05, 4.69) is 5.32 Å². The zero-order valence-corrected chi connectivity index (χ0v) is 16.9. The second kappa shape index (κ2) is 7.50. The van der Waals surface area contributed by atoms with Gasteiger partial charge in [-0.1, -0.05) is 23.2 Å². The number of hydrogen-bond donors (Lipinski definition) is 1. The van der Waals surface area contributed by atoms with Crippen LogP contribution in [0, 0.1) is 11.2 Å². The van der Waals surface area contributed by atoms with Crippen LogP contribution in [0.3, 0.4) is 0 Å². The van der Waals surface area contributed by atoms with Crippen LogP contribution in [-0.2, 0) is 4.79 Å². The Morgan fingerprint density at radius 1 is 1.03 bits per heavy atom. The molecule has 3 aliphatic rings. The summed E-state index contributed by atoms with van der Waals surface area (Å²) in [6.07, 6.45) is 2.06. The minimum atomic E-state index is -0.588. The number of ether oxygens (including phenoxy) is 2. The number of amides is 1. The minimum absolute atomic E-state index is 0.00457. The average Bonchev–Trinajstić information content (AvgIpc) is 2.62. The van der Waals surface area contributed by atoms with Gasteiger partial charge in [-0.15, -0.1) is 0 Å². The summed E-state index contributed by atoms with van der Waals surface area (Å²) in [6.45, 7) is -0.123. The lowest BCUT2D eigenvalue weighted by Crippen LogP contribution is -2.75. The van der Waals surface area contributed by atoms with Gasteiger partial charge in [-0.05, 0) is 61.1 Å². The number of halogens is 3. The molecule has 3 saturated carbocycles. The van der Waals surface area contributed by atoms with Gasteiger partial charge in [0.25, 0.3) is 0 Å². The monoisotopic (exact) mass is 437 g/mol. The lowest BCUT2D eigenvalue weighted by Gasteiger charge is -2.70. The number of ketones is 1. The third kappa shape index (κ3) is 4.33. The Bertz CT molecular complexity index is 944. The van der Waals surface area contributed by atoms with Crippen molar-refractivity contribution < 1.29 is 23.5 Å². The van der Waals surface area contributed by atoms with E-state index < -0.39 is 11.9 Å². The van der Waals surface area contributed by atoms with Crippen LogP contribution in [0.4, 0.5) is 9.18 Å². The second-order valence-electron chi connectivity index (χ2n) is 7.86. The fourth-order valence-electron chi connectivity index (χ4n) is 4.37. The van der Waals surface area contributed by atoms with E-state index in [1.54, 1.807) is 24.3 Å². The average molecular weight is 438 g/mol. The summed E-state index contributed by atoms with van der Waals surface area (Å²) in [5.41, 5.74) is -0.372. The highest BCUT2D eigenvalue weighted by molar-refractivity contribution is 6.31. The topological polar surface area (TPSA) is 64.6 Å². The van der Waals surface area contributed by atoms with Crippen LogP contribution in [0.15, 0.2) is 42.5 Å². The lowest BCUT2D eigenvalue weighted by atomic mass is 9.38. The van der Waals surface area contributed by atoms with Gasteiger partial charge in [0.15, 0.2) is 5.78 Å². The molecule has 0 unspecified atom stereocenters. The van der Waals surface area contributed by atoms with Crippen molar-refractivity contribution in [3.05, 3.63) is 58.3 Å². The number of rotatable bonds is 7. The molecule has 5 nitrogen and oxygen atoms in total. The third-order valence-electron chi connectivity index (χ3n) is 5.39. The van der Waals surface area contributed by atoms with Crippen molar-refractivity contribution >= 4 is 35.1 Å². The molecule has 29 heavy (non-hydrogen) atoms. The lowest BCUT2D eigenvalue weighted by molar-refractivity contribution is -0.163. The molecule has 0 heterocycles. The summed E-state index contributed by atoms with van der Waals surface area (Å²) in [5.74, 6) is 0.0343. The maximum Gasteiger partial charge on any atom is 0.413 e. The number of hydrogen-bond acceptors (Lipinski definition) is 4. The van der Waals surface area contributed by atoms with Gasteiger partial charge in [0.2, 0.25) is 0 Å². The van der Waals surface area contributed by atoms with Crippen LogP contribution < -0.4 is 14.8 Å². The molecule has 2 aromatic carbocycles. The molecule has 0 spiro atoms. The number of carbonyl (C=O) groups is 2. The number of Topliss-reactive ketones (excluding diaryl/α,β-unsaturated/α-hetero) is 1. The van der Waals surface area contributed by atoms with E-state index in [0.717, 1.165) is 25.3 Å². The van der Waals surface area contributed by atoms with E-state index in [9.17, 15) is 14.0 Å². The zero-order valence-electron chi connectivity index (χ0n) is 15.3. The van der Waals surface area contributed by atoms with Crippen molar-refractivity contribution in [1.82, 2.24) is 5.32 Å². The minimum Gasteiger partial charge on any atom is -0.486 e. The normalized spacial score (nSPS) is 24.1. The van der Waals surface area contributed by atoms with Gasteiger partial charge >= 0.3 is 6.09 Å². The predicted molar refractivity (Wildman–Crippen MR) is 106 cm³/mol. The van der Waals surface area contributed by atoms with E-state index in [4.69, 9.17) is 32.7 Å². The zero-order chi connectivity index (χ0) is 20.6. The summed E-state index contributed by atoms with van der Waals surface area (Å²) in [6, 6.07) is 10.6. The first-order valence-electron chi connectivity index (χ1n) is 9.12. The summed E-state index contributed by atoms with van der Waals surface area (Å²) in [7, 11) is 0. The van der Waals surface area contributed by atoms with Crippen molar-refractivity contribution in [1.29, 1.82) is 0 Å². The molecule has 5 rings (SSSR count). The second-order valence-corrected chi connectivity index (χ2v) is 8.70. The van der Waals surface area contributed by atoms with Crippen LogP contribution in [0.2, 0.25) is 10.0 Å². The Morgan fingerprint density at radius 3 is 2.34 bits per heavy atom. The number of benzene rings is 2. The quantitative estimate of drug-likeness (QED) is 0.647. The van der Waals surface area contributed by atoms with Gasteiger partial charge in [0, 0.05) is 23.0 Å². The smallest absolute Gasteiger partial charge is 0.413 e. The van der Waals surface area contributed by atoms with E-state index in [0.29, 0.717) is 17.2 Å². The van der Waals surface area contributed by atoms with E-state index in [1.807, 2.05) is 0 Å². The first kappa shape index (κ1) is 20.0. The van der Waals surface area contributed by atoms with E-state index in [1.165, 1.54) is 12.1 Å². The molecule has 2 aromatic rings. The van der Waals surface area contributed by atoms with Crippen molar-refractivity contribution in [2.24, 2.45) is 5.41 Å². The van der Waals surface area contributed by atoms with Gasteiger partial charge in [0.05, 0.1) is 5.02 Å². The van der Waals surface area contributed by atoms with Crippen LogP contribution >= 0.6 is 23.2 Å². The molecule has 0 atom stereocenters. The number of carbonyl (C=O) groups excluding carboxylic acids is 2. The first-order chi connectivity index (χ1) is 13.8. The Balaban J connectivity index is 1.20. The highest BCUT2D eigenvalue weighted by Gasteiger charge is 2.68. The maximum atomic E-state index is 13.4. The molecular formula is C21H18Cl2FNO4. The molecule has 0 radical (unpaired) electrons. The van der Waals surface area contributed by atoms with E-state index in [-0.39, 0.29) is 34.1 Å². The molecule has 2 bridgehead atoms. The SMILES string of the molecule is O=C(COc1ccc(Cl)c(F)c1)CC12CC(NC(=O)Oc3ccc(Cl)cc3)(C1)C2. The summed E-state index contributed by atoms with van der Waals surface area (Å²) < 4.78 is 24.0. The molecule has 3 aliphatic carbocycles. The summed E-state index contributed by atoms with van der Waals surface area (Å²) in [5, 5.41) is 3.47. The van der Waals surface area contributed by atoms with Gasteiger partial charge in [-0.2, -0.15) is 0 Å². The summed E-state index contributed by atoms with van der Waals surface area (Å²) in [4.78, 5) is 24.3. The first-order valence-corrected chi connectivity index (χ1v) is 9.87. The Labute approximate surface area is 177 Å². The molecule has 0 aromatic heterocycles. The Morgan fingerprint density at radius 2 is 1.69 bits per heavy atom. The van der Waals surface area contributed by atoms with Gasteiger partial charge < -0.3 is 14.8 Å². The highest BCUT2D eigenvalue weighted by Crippen LogP contribution is 2.69. The van der Waals surface area contributed by atoms with Crippen molar-refractivity contribution in [3.8, 4) is 11.5 Å². The van der Waals surface area contributed by atoms with Gasteiger partial charge in [0.1, 0.15) is 23.9 Å². The van der Waals surface area contributed by atoms with Crippen LogP contribution in [-0.4, -0.2) is 24.0 Å². The van der Waals surface area contributed by atoms with Crippen molar-refractivity contribution in [2.45, 2.75) is 31.2 Å². The van der Waals surface area contributed by atoms with Crippen LogP contribution in [0.1, 0.15) is 25.7 Å². The molecule has 1 amide bonds. The van der Waals surface area contributed by atoms with Gasteiger partial charge in [-0.3, -0.25) is 4.79 Å².